The predicted molar refractivity (Wildman–Crippen MR) is 72.2 cm³/mol. The van der Waals surface area contributed by atoms with Gasteiger partial charge in [0.2, 0.25) is 5.01 Å². The maximum atomic E-state index is 11.6. The van der Waals surface area contributed by atoms with E-state index < -0.39 is 18.1 Å². The Balaban J connectivity index is 2.51. The van der Waals surface area contributed by atoms with Crippen molar-refractivity contribution < 1.29 is 24.0 Å². The van der Waals surface area contributed by atoms with Crippen LogP contribution in [0.2, 0.25) is 0 Å². The van der Waals surface area contributed by atoms with E-state index in [-0.39, 0.29) is 6.54 Å². The van der Waals surface area contributed by atoms with Crippen molar-refractivity contribution in [1.29, 1.82) is 0 Å². The number of ether oxygens (including phenoxy) is 1. The van der Waals surface area contributed by atoms with Crippen LogP contribution < -0.4 is 10.1 Å². The zero-order chi connectivity index (χ0) is 14.3. The second kappa shape index (κ2) is 7.83. The van der Waals surface area contributed by atoms with Gasteiger partial charge < -0.3 is 19.7 Å². The molecule has 8 heteroatoms. The van der Waals surface area contributed by atoms with E-state index in [1.807, 2.05) is 0 Å². The van der Waals surface area contributed by atoms with Gasteiger partial charge in [0, 0.05) is 4.90 Å². The number of carbonyl (C=O) groups is 2. The number of thioether (sulfide) groups is 1. The summed E-state index contributed by atoms with van der Waals surface area (Å²) < 4.78 is 9.51. The summed E-state index contributed by atoms with van der Waals surface area (Å²) in [5.41, 5.74) is 0. The normalized spacial score (nSPS) is 9.84. The van der Waals surface area contributed by atoms with Gasteiger partial charge in [0.05, 0.1) is 13.7 Å². The fourth-order valence-corrected chi connectivity index (χ4v) is 1.82. The summed E-state index contributed by atoms with van der Waals surface area (Å²) in [5, 5.41) is 11.3. The van der Waals surface area contributed by atoms with Crippen LogP contribution in [-0.4, -0.2) is 43.8 Å². The van der Waals surface area contributed by atoms with Crippen LogP contribution in [0.1, 0.15) is 0 Å². The summed E-state index contributed by atoms with van der Waals surface area (Å²) in [6.45, 7) is -0.0719. The van der Waals surface area contributed by atoms with E-state index in [0.717, 1.165) is 11.8 Å². The predicted octanol–water partition coefficient (Wildman–Crippen LogP) is 0.732. The standard InChI is InChI=1S/C11H14BNO5S/c1-13-7-10(14)18-12(16)11(15)19-9-5-3-8(17-2)4-6-9/h3-6,13,16H,7H2,1-2H3. The third kappa shape index (κ3) is 5.33. The third-order valence-electron chi connectivity index (χ3n) is 2.04. The van der Waals surface area contributed by atoms with Gasteiger partial charge in [-0.3, -0.25) is 9.59 Å². The molecule has 19 heavy (non-hydrogen) atoms. The lowest BCUT2D eigenvalue weighted by atomic mass is 9.94. The average Bonchev–Trinajstić information content (AvgIpc) is 2.39. The molecule has 102 valence electrons. The maximum absolute atomic E-state index is 11.6. The molecule has 0 radical (unpaired) electrons. The molecule has 0 aliphatic carbocycles. The van der Waals surface area contributed by atoms with Gasteiger partial charge in [-0.15, -0.1) is 0 Å². The fraction of sp³-hybridized carbons (Fsp3) is 0.273. The minimum Gasteiger partial charge on any atom is -0.503 e. The van der Waals surface area contributed by atoms with Gasteiger partial charge in [0.1, 0.15) is 5.75 Å². The third-order valence-corrected chi connectivity index (χ3v) is 2.95. The van der Waals surface area contributed by atoms with Crippen LogP contribution in [0.15, 0.2) is 29.2 Å². The van der Waals surface area contributed by atoms with E-state index in [0.29, 0.717) is 10.6 Å². The summed E-state index contributed by atoms with van der Waals surface area (Å²) in [6.07, 6.45) is 0. The largest absolute Gasteiger partial charge is 0.612 e. The molecule has 0 heterocycles. The molecule has 1 aromatic carbocycles. The van der Waals surface area contributed by atoms with Gasteiger partial charge in [-0.25, -0.2) is 0 Å². The SMILES string of the molecule is CNCC(=O)OB(O)C(=O)Sc1ccc(OC)cc1. The topological polar surface area (TPSA) is 84.9 Å². The van der Waals surface area contributed by atoms with Crippen molar-refractivity contribution in [3.8, 4) is 5.75 Å². The van der Waals surface area contributed by atoms with Crippen LogP contribution in [0.5, 0.6) is 5.75 Å². The van der Waals surface area contributed by atoms with E-state index in [4.69, 9.17) is 4.74 Å². The summed E-state index contributed by atoms with van der Waals surface area (Å²) in [4.78, 5) is 23.3. The van der Waals surface area contributed by atoms with Crippen LogP contribution in [0, 0.1) is 0 Å². The molecular weight excluding hydrogens is 269 g/mol. The molecule has 0 atom stereocenters. The number of methoxy groups -OCH3 is 1. The highest BCUT2D eigenvalue weighted by molar-refractivity contribution is 8.17. The lowest BCUT2D eigenvalue weighted by molar-refractivity contribution is -0.134. The highest BCUT2D eigenvalue weighted by Crippen LogP contribution is 2.23. The Hall–Kier alpha value is -1.51. The second-order valence-electron chi connectivity index (χ2n) is 3.47. The zero-order valence-corrected chi connectivity index (χ0v) is 11.4. The fourth-order valence-electron chi connectivity index (χ4n) is 1.17. The maximum Gasteiger partial charge on any atom is 0.612 e. The Morgan fingerprint density at radius 3 is 2.53 bits per heavy atom. The minimum absolute atomic E-state index is 0.0719. The molecule has 1 aromatic rings. The highest BCUT2D eigenvalue weighted by Gasteiger charge is 2.29. The van der Waals surface area contributed by atoms with Crippen LogP contribution >= 0.6 is 11.8 Å². The molecule has 0 unspecified atom stereocenters. The second-order valence-corrected chi connectivity index (χ2v) is 4.55. The van der Waals surface area contributed by atoms with E-state index in [1.54, 1.807) is 31.3 Å². The number of likely N-dealkylation sites (N-methyl/N-ethyl adjacent to an activating group) is 1. The summed E-state index contributed by atoms with van der Waals surface area (Å²) in [6, 6.07) is 6.72. The zero-order valence-electron chi connectivity index (χ0n) is 10.6. The van der Waals surface area contributed by atoms with Gasteiger partial charge in [0.25, 0.3) is 0 Å². The minimum atomic E-state index is -1.77. The van der Waals surface area contributed by atoms with Gasteiger partial charge >= 0.3 is 13.1 Å². The van der Waals surface area contributed by atoms with Gasteiger partial charge in [-0.05, 0) is 31.3 Å². The van der Waals surface area contributed by atoms with Crippen molar-refractivity contribution in [3.05, 3.63) is 24.3 Å². The van der Waals surface area contributed by atoms with Crippen molar-refractivity contribution in [2.45, 2.75) is 4.90 Å². The average molecular weight is 283 g/mol. The first-order valence-electron chi connectivity index (χ1n) is 5.44. The first-order chi connectivity index (χ1) is 9.06. The lowest BCUT2D eigenvalue weighted by Crippen LogP contribution is -2.33. The number of benzene rings is 1. The Labute approximate surface area is 115 Å². The Kier molecular flexibility index (Phi) is 6.41. The quantitative estimate of drug-likeness (QED) is 0.588. The van der Waals surface area contributed by atoms with Crippen LogP contribution in [0.4, 0.5) is 4.79 Å². The van der Waals surface area contributed by atoms with E-state index >= 15 is 0 Å². The van der Waals surface area contributed by atoms with Crippen molar-refractivity contribution in [2.24, 2.45) is 0 Å². The molecule has 2 N–H and O–H groups in total. The summed E-state index contributed by atoms with van der Waals surface area (Å²) in [5.74, 6) is -0.0310. The summed E-state index contributed by atoms with van der Waals surface area (Å²) >= 11 is 0.789. The molecule has 1 rings (SSSR count). The molecule has 0 aliphatic rings. The molecular formula is C11H14BNO5S. The van der Waals surface area contributed by atoms with Crippen molar-refractivity contribution in [1.82, 2.24) is 5.32 Å². The first-order valence-corrected chi connectivity index (χ1v) is 6.26. The number of hydrogen-bond acceptors (Lipinski definition) is 7. The molecule has 0 aromatic heterocycles. The number of rotatable bonds is 6. The number of hydrogen-bond donors (Lipinski definition) is 2. The van der Waals surface area contributed by atoms with Gasteiger partial charge in [-0.1, -0.05) is 11.8 Å². The molecule has 0 amide bonds. The smallest absolute Gasteiger partial charge is 0.503 e. The lowest BCUT2D eigenvalue weighted by Gasteiger charge is -2.07. The molecule has 6 nitrogen and oxygen atoms in total. The molecule has 0 fully saturated rings. The van der Waals surface area contributed by atoms with Crippen molar-refractivity contribution >= 4 is 29.9 Å². The van der Waals surface area contributed by atoms with Crippen LogP contribution in [0.25, 0.3) is 0 Å². The summed E-state index contributed by atoms with van der Waals surface area (Å²) in [7, 11) is 1.33. The van der Waals surface area contributed by atoms with Gasteiger partial charge in [-0.2, -0.15) is 0 Å². The number of nitrogens with one attached hydrogen (secondary N) is 1. The van der Waals surface area contributed by atoms with E-state index in [9.17, 15) is 14.6 Å². The van der Waals surface area contributed by atoms with Crippen LogP contribution in [0.3, 0.4) is 0 Å². The molecule has 0 aliphatic heterocycles. The Morgan fingerprint density at radius 2 is 2.00 bits per heavy atom. The van der Waals surface area contributed by atoms with Crippen LogP contribution in [-0.2, 0) is 9.45 Å². The van der Waals surface area contributed by atoms with E-state index in [2.05, 4.69) is 9.97 Å². The molecule has 0 bridgehead atoms. The monoisotopic (exact) mass is 283 g/mol. The first kappa shape index (κ1) is 15.6. The Morgan fingerprint density at radius 1 is 1.37 bits per heavy atom. The molecule has 0 saturated heterocycles. The van der Waals surface area contributed by atoms with E-state index in [1.165, 1.54) is 7.11 Å². The molecule has 0 saturated carbocycles. The molecule has 0 spiro atoms. The number of carbonyl (C=O) groups excluding carboxylic acids is 2. The van der Waals surface area contributed by atoms with Gasteiger partial charge in [0.15, 0.2) is 0 Å². The highest BCUT2D eigenvalue weighted by atomic mass is 32.2. The van der Waals surface area contributed by atoms with Crippen molar-refractivity contribution in [3.63, 3.8) is 0 Å². The van der Waals surface area contributed by atoms with Crippen molar-refractivity contribution in [2.75, 3.05) is 20.7 Å². The Bertz CT molecular complexity index is 439.